The number of carbonyl (C=O) groups excluding carboxylic acids is 1. The number of piperidine rings is 1. The molecule has 1 saturated heterocycles. The molecule has 2 aliphatic rings. The molecule has 0 aliphatic carbocycles. The van der Waals surface area contributed by atoms with Crippen LogP contribution in [-0.2, 0) is 6.42 Å². The first kappa shape index (κ1) is 16.9. The molecule has 0 bridgehead atoms. The highest BCUT2D eigenvalue weighted by Gasteiger charge is 2.30. The molecule has 0 radical (unpaired) electrons. The monoisotopic (exact) mass is 375 g/mol. The number of fused-ring (bicyclic) bond motifs is 1. The molecule has 1 amide bonds. The first-order chi connectivity index (χ1) is 13.8. The molecular formula is C20H21N7O. The Bertz CT molecular complexity index is 987. The number of nitrogens with one attached hydrogen (secondary N) is 2. The van der Waals surface area contributed by atoms with Crippen molar-refractivity contribution in [2.24, 2.45) is 0 Å². The van der Waals surface area contributed by atoms with Crippen LogP contribution in [0.15, 0.2) is 36.7 Å². The number of aromatic amines is 1. The third-order valence-electron chi connectivity index (χ3n) is 5.43. The van der Waals surface area contributed by atoms with E-state index in [9.17, 15) is 4.79 Å². The van der Waals surface area contributed by atoms with Crippen LogP contribution in [0.2, 0.25) is 0 Å². The van der Waals surface area contributed by atoms with Gasteiger partial charge in [-0.2, -0.15) is 5.10 Å². The third kappa shape index (κ3) is 3.00. The van der Waals surface area contributed by atoms with Gasteiger partial charge in [0.2, 0.25) is 0 Å². The van der Waals surface area contributed by atoms with Crippen molar-refractivity contribution < 1.29 is 4.79 Å². The number of hydrogen-bond donors (Lipinski definition) is 2. The molecule has 4 heterocycles. The maximum atomic E-state index is 12.5. The average Bonchev–Trinajstić information content (AvgIpc) is 3.29. The van der Waals surface area contributed by atoms with E-state index in [2.05, 4.69) is 30.4 Å². The van der Waals surface area contributed by atoms with Crippen molar-refractivity contribution in [3.8, 4) is 11.4 Å². The molecule has 1 fully saturated rings. The lowest BCUT2D eigenvalue weighted by Gasteiger charge is -2.34. The van der Waals surface area contributed by atoms with Gasteiger partial charge in [-0.25, -0.2) is 15.0 Å². The van der Waals surface area contributed by atoms with Crippen molar-refractivity contribution >= 4 is 11.7 Å². The fourth-order valence-electron chi connectivity index (χ4n) is 4.06. The minimum Gasteiger partial charge on any atom is -0.356 e. The minimum absolute atomic E-state index is 0.120. The van der Waals surface area contributed by atoms with E-state index in [1.807, 2.05) is 30.3 Å². The summed E-state index contributed by atoms with van der Waals surface area (Å²) in [5.41, 5.74) is 2.35. The van der Waals surface area contributed by atoms with Crippen molar-refractivity contribution in [1.82, 2.24) is 30.5 Å². The van der Waals surface area contributed by atoms with Crippen molar-refractivity contribution in [2.45, 2.75) is 25.2 Å². The zero-order valence-corrected chi connectivity index (χ0v) is 15.4. The summed E-state index contributed by atoms with van der Waals surface area (Å²) in [6, 6.07) is 9.82. The lowest BCUT2D eigenvalue weighted by atomic mass is 9.96. The highest BCUT2D eigenvalue weighted by atomic mass is 16.1. The number of benzene rings is 1. The van der Waals surface area contributed by atoms with Gasteiger partial charge in [-0.15, -0.1) is 0 Å². The molecule has 0 saturated carbocycles. The lowest BCUT2D eigenvalue weighted by molar-refractivity contribution is 0.0940. The topological polar surface area (TPSA) is 99.7 Å². The van der Waals surface area contributed by atoms with Gasteiger partial charge in [0.1, 0.15) is 23.7 Å². The van der Waals surface area contributed by atoms with Crippen molar-refractivity contribution in [2.75, 3.05) is 24.5 Å². The Morgan fingerprint density at radius 1 is 1.14 bits per heavy atom. The summed E-state index contributed by atoms with van der Waals surface area (Å²) in [5.74, 6) is 2.54. The zero-order valence-electron chi connectivity index (χ0n) is 15.4. The van der Waals surface area contributed by atoms with Crippen LogP contribution < -0.4 is 10.2 Å². The van der Waals surface area contributed by atoms with E-state index in [4.69, 9.17) is 4.98 Å². The van der Waals surface area contributed by atoms with E-state index in [1.165, 1.54) is 0 Å². The van der Waals surface area contributed by atoms with Gasteiger partial charge in [-0.1, -0.05) is 30.3 Å². The highest BCUT2D eigenvalue weighted by Crippen LogP contribution is 2.32. The number of nitrogens with zero attached hydrogens (tertiary/aromatic N) is 5. The molecule has 1 aromatic carbocycles. The van der Waals surface area contributed by atoms with Crippen LogP contribution in [0.1, 0.15) is 40.6 Å². The van der Waals surface area contributed by atoms with Crippen LogP contribution in [0, 0.1) is 0 Å². The standard InChI is InChI=1S/C20H21N7O/c28-20-16-15(8-9-21-20)19(25-18(24-16)13-5-2-1-3-6-13)27-10-4-7-14(11-27)17-22-12-23-26-17/h1-3,5-6,12,14H,4,7-11H2,(H,21,28)(H,22,23,26). The van der Waals surface area contributed by atoms with Gasteiger partial charge in [-0.3, -0.25) is 9.89 Å². The summed E-state index contributed by atoms with van der Waals surface area (Å²) in [6.45, 7) is 2.32. The van der Waals surface area contributed by atoms with Crippen molar-refractivity contribution in [3.63, 3.8) is 0 Å². The summed E-state index contributed by atoms with van der Waals surface area (Å²) >= 11 is 0. The summed E-state index contributed by atoms with van der Waals surface area (Å²) in [6.07, 6.45) is 4.40. The number of hydrogen-bond acceptors (Lipinski definition) is 6. The third-order valence-corrected chi connectivity index (χ3v) is 5.43. The second-order valence-corrected chi connectivity index (χ2v) is 7.23. The quantitative estimate of drug-likeness (QED) is 0.726. The van der Waals surface area contributed by atoms with E-state index in [-0.39, 0.29) is 11.8 Å². The molecular weight excluding hydrogens is 354 g/mol. The maximum absolute atomic E-state index is 12.5. The molecule has 5 rings (SSSR count). The largest absolute Gasteiger partial charge is 0.356 e. The van der Waals surface area contributed by atoms with E-state index >= 15 is 0 Å². The van der Waals surface area contributed by atoms with Gasteiger partial charge in [0.25, 0.3) is 5.91 Å². The second-order valence-electron chi connectivity index (χ2n) is 7.23. The Hall–Kier alpha value is -3.29. The zero-order chi connectivity index (χ0) is 18.9. The molecule has 8 nitrogen and oxygen atoms in total. The maximum Gasteiger partial charge on any atom is 0.270 e. The van der Waals surface area contributed by atoms with Gasteiger partial charge >= 0.3 is 0 Å². The Kier molecular flexibility index (Phi) is 4.23. The lowest BCUT2D eigenvalue weighted by Crippen LogP contribution is -2.39. The van der Waals surface area contributed by atoms with Gasteiger partial charge in [-0.05, 0) is 19.3 Å². The second kappa shape index (κ2) is 7.03. The molecule has 2 aromatic heterocycles. The minimum atomic E-state index is -0.120. The van der Waals surface area contributed by atoms with E-state index < -0.39 is 0 Å². The Balaban J connectivity index is 1.57. The molecule has 142 valence electrons. The molecule has 2 aliphatic heterocycles. The summed E-state index contributed by atoms with van der Waals surface area (Å²) in [7, 11) is 0. The SMILES string of the molecule is O=C1NCCc2c1nc(-c1ccccc1)nc2N1CCCC(c2ncn[nH]2)C1. The van der Waals surface area contributed by atoms with E-state index in [0.29, 0.717) is 18.1 Å². The summed E-state index contributed by atoms with van der Waals surface area (Å²) < 4.78 is 0. The number of H-pyrrole nitrogens is 1. The molecule has 1 atom stereocenters. The normalized spacial score (nSPS) is 19.2. The van der Waals surface area contributed by atoms with Gasteiger partial charge in [0.15, 0.2) is 5.82 Å². The van der Waals surface area contributed by atoms with Crippen LogP contribution in [0.25, 0.3) is 11.4 Å². The van der Waals surface area contributed by atoms with Crippen LogP contribution >= 0.6 is 0 Å². The van der Waals surface area contributed by atoms with Crippen molar-refractivity contribution in [3.05, 3.63) is 53.7 Å². The highest BCUT2D eigenvalue weighted by molar-refractivity contribution is 5.96. The first-order valence-corrected chi connectivity index (χ1v) is 9.64. The number of rotatable bonds is 3. The molecule has 8 heteroatoms. The molecule has 0 spiro atoms. The fraction of sp³-hybridized carbons (Fsp3) is 0.350. The smallest absolute Gasteiger partial charge is 0.270 e. The van der Waals surface area contributed by atoms with Gasteiger partial charge < -0.3 is 10.2 Å². The number of anilines is 1. The molecule has 3 aromatic rings. The van der Waals surface area contributed by atoms with Gasteiger partial charge in [0, 0.05) is 36.7 Å². The summed E-state index contributed by atoms with van der Waals surface area (Å²) in [4.78, 5) is 28.7. The fourth-order valence-corrected chi connectivity index (χ4v) is 4.06. The Morgan fingerprint density at radius 3 is 2.86 bits per heavy atom. The number of carbonyl (C=O) groups is 1. The molecule has 1 unspecified atom stereocenters. The van der Waals surface area contributed by atoms with Crippen molar-refractivity contribution in [1.29, 1.82) is 0 Å². The van der Waals surface area contributed by atoms with Crippen LogP contribution in [0.4, 0.5) is 5.82 Å². The predicted molar refractivity (Wildman–Crippen MR) is 104 cm³/mol. The number of aromatic nitrogens is 5. The first-order valence-electron chi connectivity index (χ1n) is 9.64. The Labute approximate surface area is 162 Å². The molecule has 2 N–H and O–H groups in total. The molecule has 28 heavy (non-hydrogen) atoms. The summed E-state index contributed by atoms with van der Waals surface area (Å²) in [5, 5.41) is 9.90. The Morgan fingerprint density at radius 2 is 2.04 bits per heavy atom. The van der Waals surface area contributed by atoms with Crippen LogP contribution in [0.5, 0.6) is 0 Å². The van der Waals surface area contributed by atoms with Crippen LogP contribution in [-0.4, -0.2) is 50.7 Å². The predicted octanol–water partition coefficient (Wildman–Crippen LogP) is 1.93. The number of amides is 1. The van der Waals surface area contributed by atoms with Gasteiger partial charge in [0.05, 0.1) is 0 Å². The van der Waals surface area contributed by atoms with Crippen LogP contribution in [0.3, 0.4) is 0 Å². The van der Waals surface area contributed by atoms with E-state index in [1.54, 1.807) is 6.33 Å². The average molecular weight is 375 g/mol. The van der Waals surface area contributed by atoms with E-state index in [0.717, 1.165) is 55.1 Å².